The Morgan fingerprint density at radius 3 is 2.75 bits per heavy atom. The van der Waals surface area contributed by atoms with Crippen molar-refractivity contribution < 1.29 is 5.11 Å². The third kappa shape index (κ3) is 1.85. The molecule has 0 fully saturated rings. The number of thiophene rings is 1. The van der Waals surface area contributed by atoms with E-state index in [9.17, 15) is 5.11 Å². The van der Waals surface area contributed by atoms with Crippen LogP contribution in [0.4, 0.5) is 0 Å². The largest absolute Gasteiger partial charge is 0.383 e. The maximum absolute atomic E-state index is 10.3. The van der Waals surface area contributed by atoms with Crippen LogP contribution in [0.15, 0.2) is 17.7 Å². The van der Waals surface area contributed by atoms with Crippen LogP contribution < -0.4 is 0 Å². The van der Waals surface area contributed by atoms with E-state index < -0.39 is 0 Å². The SMILES string of the molecule is OC(C1=CCCC1)c1cc2c(s1)CCCC2. The molecule has 0 aromatic carbocycles. The van der Waals surface area contributed by atoms with Gasteiger partial charge in [-0.15, -0.1) is 11.3 Å². The highest BCUT2D eigenvalue weighted by molar-refractivity contribution is 7.12. The molecule has 16 heavy (non-hydrogen) atoms. The molecular formula is C14H18OS. The van der Waals surface area contributed by atoms with Crippen LogP contribution in [0.3, 0.4) is 0 Å². The van der Waals surface area contributed by atoms with Gasteiger partial charge in [0.1, 0.15) is 6.10 Å². The molecule has 2 aliphatic rings. The van der Waals surface area contributed by atoms with Crippen molar-refractivity contribution in [1.29, 1.82) is 0 Å². The monoisotopic (exact) mass is 234 g/mol. The fraction of sp³-hybridized carbons (Fsp3) is 0.571. The molecule has 86 valence electrons. The van der Waals surface area contributed by atoms with Crippen molar-refractivity contribution in [3.05, 3.63) is 33.0 Å². The van der Waals surface area contributed by atoms with Gasteiger partial charge in [-0.3, -0.25) is 0 Å². The second-order valence-electron chi connectivity index (χ2n) is 4.88. The predicted octanol–water partition coefficient (Wildman–Crippen LogP) is 3.77. The molecule has 0 bridgehead atoms. The highest BCUT2D eigenvalue weighted by atomic mass is 32.1. The van der Waals surface area contributed by atoms with Crippen LogP contribution in [-0.2, 0) is 12.8 Å². The summed E-state index contributed by atoms with van der Waals surface area (Å²) in [4.78, 5) is 2.71. The third-order valence-corrected chi connectivity index (χ3v) is 5.00. The van der Waals surface area contributed by atoms with E-state index in [1.807, 2.05) is 11.3 Å². The lowest BCUT2D eigenvalue weighted by Gasteiger charge is -2.09. The van der Waals surface area contributed by atoms with Crippen LogP contribution in [0.5, 0.6) is 0 Å². The summed E-state index contributed by atoms with van der Waals surface area (Å²) in [7, 11) is 0. The molecule has 0 saturated carbocycles. The summed E-state index contributed by atoms with van der Waals surface area (Å²) in [6, 6.07) is 2.25. The lowest BCUT2D eigenvalue weighted by Crippen LogP contribution is -1.97. The summed E-state index contributed by atoms with van der Waals surface area (Å²) in [6.07, 6.45) is 10.5. The predicted molar refractivity (Wildman–Crippen MR) is 67.9 cm³/mol. The minimum absolute atomic E-state index is 0.307. The van der Waals surface area contributed by atoms with Crippen LogP contribution in [0.1, 0.15) is 53.5 Å². The van der Waals surface area contributed by atoms with Gasteiger partial charge >= 0.3 is 0 Å². The van der Waals surface area contributed by atoms with Crippen LogP contribution in [0, 0.1) is 0 Å². The maximum atomic E-state index is 10.3. The highest BCUT2D eigenvalue weighted by Gasteiger charge is 2.21. The van der Waals surface area contributed by atoms with Gasteiger partial charge in [0.05, 0.1) is 0 Å². The molecule has 1 aromatic heterocycles. The van der Waals surface area contributed by atoms with Crippen molar-refractivity contribution in [2.24, 2.45) is 0 Å². The summed E-state index contributed by atoms with van der Waals surface area (Å²) in [6.45, 7) is 0. The maximum Gasteiger partial charge on any atom is 0.109 e. The number of hydrogen-bond acceptors (Lipinski definition) is 2. The van der Waals surface area contributed by atoms with Crippen molar-refractivity contribution in [1.82, 2.24) is 0 Å². The summed E-state index contributed by atoms with van der Waals surface area (Å²) in [5, 5.41) is 10.3. The fourth-order valence-electron chi connectivity index (χ4n) is 2.78. The Morgan fingerprint density at radius 2 is 2.00 bits per heavy atom. The van der Waals surface area contributed by atoms with Gasteiger partial charge in [0, 0.05) is 9.75 Å². The van der Waals surface area contributed by atoms with E-state index in [2.05, 4.69) is 12.1 Å². The Kier molecular flexibility index (Phi) is 2.86. The van der Waals surface area contributed by atoms with Crippen molar-refractivity contribution in [2.75, 3.05) is 0 Å². The third-order valence-electron chi connectivity index (χ3n) is 3.71. The molecule has 1 aromatic rings. The molecule has 1 unspecified atom stereocenters. The molecule has 1 nitrogen and oxygen atoms in total. The number of hydrogen-bond donors (Lipinski definition) is 1. The van der Waals surface area contributed by atoms with Crippen molar-refractivity contribution in [3.8, 4) is 0 Å². The van der Waals surface area contributed by atoms with Crippen LogP contribution in [0.25, 0.3) is 0 Å². The summed E-state index contributed by atoms with van der Waals surface area (Å²) in [5.74, 6) is 0. The molecule has 0 aliphatic heterocycles. The molecule has 0 amide bonds. The molecule has 1 N–H and O–H groups in total. The van der Waals surface area contributed by atoms with Gasteiger partial charge in [0.25, 0.3) is 0 Å². The highest BCUT2D eigenvalue weighted by Crippen LogP contribution is 2.37. The van der Waals surface area contributed by atoms with E-state index in [4.69, 9.17) is 0 Å². The molecule has 2 heteroatoms. The second kappa shape index (κ2) is 4.34. The Balaban J connectivity index is 1.85. The Morgan fingerprint density at radius 1 is 1.12 bits per heavy atom. The molecule has 0 spiro atoms. The zero-order valence-electron chi connectivity index (χ0n) is 9.54. The normalized spacial score (nSPS) is 21.7. The van der Waals surface area contributed by atoms with Gasteiger partial charge in [-0.2, -0.15) is 0 Å². The first-order valence-corrected chi connectivity index (χ1v) is 7.15. The minimum Gasteiger partial charge on any atom is -0.383 e. The van der Waals surface area contributed by atoms with Gasteiger partial charge < -0.3 is 5.11 Å². The zero-order valence-corrected chi connectivity index (χ0v) is 10.4. The van der Waals surface area contributed by atoms with E-state index >= 15 is 0 Å². The van der Waals surface area contributed by atoms with E-state index in [-0.39, 0.29) is 6.10 Å². The number of aliphatic hydroxyl groups is 1. The molecule has 1 heterocycles. The van der Waals surface area contributed by atoms with Gasteiger partial charge in [0.2, 0.25) is 0 Å². The van der Waals surface area contributed by atoms with E-state index in [0.29, 0.717) is 0 Å². The average Bonchev–Trinajstić information content (AvgIpc) is 2.97. The number of rotatable bonds is 2. The van der Waals surface area contributed by atoms with Crippen molar-refractivity contribution in [2.45, 2.75) is 51.0 Å². The van der Waals surface area contributed by atoms with E-state index in [0.717, 1.165) is 12.8 Å². The lowest BCUT2D eigenvalue weighted by molar-refractivity contribution is 0.216. The second-order valence-corrected chi connectivity index (χ2v) is 6.05. The average molecular weight is 234 g/mol. The first kappa shape index (κ1) is 10.5. The van der Waals surface area contributed by atoms with Crippen molar-refractivity contribution >= 4 is 11.3 Å². The summed E-state index contributed by atoms with van der Waals surface area (Å²) >= 11 is 1.84. The minimum atomic E-state index is -0.307. The van der Waals surface area contributed by atoms with Gasteiger partial charge in [-0.05, 0) is 62.1 Å². The first-order chi connectivity index (χ1) is 7.84. The van der Waals surface area contributed by atoms with Gasteiger partial charge in [0.15, 0.2) is 0 Å². The number of allylic oxidation sites excluding steroid dienone is 1. The number of fused-ring (bicyclic) bond motifs is 1. The topological polar surface area (TPSA) is 20.2 Å². The van der Waals surface area contributed by atoms with Crippen LogP contribution in [-0.4, -0.2) is 5.11 Å². The van der Waals surface area contributed by atoms with Gasteiger partial charge in [-0.1, -0.05) is 6.08 Å². The summed E-state index contributed by atoms with van der Waals surface area (Å²) in [5.41, 5.74) is 2.75. The summed E-state index contributed by atoms with van der Waals surface area (Å²) < 4.78 is 0. The molecule has 1 atom stereocenters. The van der Waals surface area contributed by atoms with Crippen molar-refractivity contribution in [3.63, 3.8) is 0 Å². The smallest absolute Gasteiger partial charge is 0.109 e. The molecule has 0 radical (unpaired) electrons. The Hall–Kier alpha value is -0.600. The Bertz CT molecular complexity index is 393. The Labute approximate surface area is 101 Å². The molecule has 3 rings (SSSR count). The molecule has 0 saturated heterocycles. The van der Waals surface area contributed by atoms with Crippen LogP contribution >= 0.6 is 11.3 Å². The van der Waals surface area contributed by atoms with E-state index in [1.54, 1.807) is 0 Å². The fourth-order valence-corrected chi connectivity index (χ4v) is 4.06. The standard InChI is InChI=1S/C14H18OS/c15-14(10-5-1-2-6-10)13-9-11-7-3-4-8-12(11)16-13/h5,9,14-15H,1-4,6-8H2. The van der Waals surface area contributed by atoms with Crippen LogP contribution in [0.2, 0.25) is 0 Å². The number of aliphatic hydroxyl groups excluding tert-OH is 1. The molecular weight excluding hydrogens is 216 g/mol. The van der Waals surface area contributed by atoms with Gasteiger partial charge in [-0.25, -0.2) is 0 Å². The van der Waals surface area contributed by atoms with E-state index in [1.165, 1.54) is 53.0 Å². The molecule has 2 aliphatic carbocycles. The zero-order chi connectivity index (χ0) is 11.0. The number of aryl methyl sites for hydroxylation is 2. The lowest BCUT2D eigenvalue weighted by atomic mass is 9.98. The quantitative estimate of drug-likeness (QED) is 0.772. The first-order valence-electron chi connectivity index (χ1n) is 6.33.